The third-order valence-corrected chi connectivity index (χ3v) is 6.01. The van der Waals surface area contributed by atoms with E-state index in [1.54, 1.807) is 4.90 Å². The number of hydrogen-bond acceptors (Lipinski definition) is 5. The number of hydrogen-bond donors (Lipinski definition) is 0. The molecule has 29 heavy (non-hydrogen) atoms. The second kappa shape index (κ2) is 9.88. The zero-order chi connectivity index (χ0) is 21.0. The number of non-ortho nitro benzene ring substituents is 1. The third-order valence-electron chi connectivity index (χ3n) is 4.58. The van der Waals surface area contributed by atoms with Crippen LogP contribution in [0.25, 0.3) is 0 Å². The van der Waals surface area contributed by atoms with Gasteiger partial charge in [0.1, 0.15) is 5.75 Å². The van der Waals surface area contributed by atoms with Gasteiger partial charge in [0.2, 0.25) is 0 Å². The molecule has 0 aromatic heterocycles. The number of benzene rings is 2. The molecular formula is C19H18Br2ClN3O4. The van der Waals surface area contributed by atoms with Crippen molar-refractivity contribution < 1.29 is 14.5 Å². The van der Waals surface area contributed by atoms with Crippen LogP contribution in [0.4, 0.5) is 5.69 Å². The van der Waals surface area contributed by atoms with E-state index >= 15 is 0 Å². The van der Waals surface area contributed by atoms with Crippen LogP contribution in [0.3, 0.4) is 0 Å². The summed E-state index contributed by atoms with van der Waals surface area (Å²) >= 11 is 12.4. The summed E-state index contributed by atoms with van der Waals surface area (Å²) in [6, 6.07) is 10.5. The number of nitro benzene ring substituents is 1. The maximum Gasteiger partial charge on any atom is 0.271 e. The summed E-state index contributed by atoms with van der Waals surface area (Å²) in [5, 5.41) is 11.6. The van der Waals surface area contributed by atoms with Crippen molar-refractivity contribution in [1.82, 2.24) is 9.80 Å². The number of amides is 1. The molecule has 0 spiro atoms. The molecule has 0 radical (unpaired) electrons. The highest BCUT2D eigenvalue weighted by Crippen LogP contribution is 2.37. The molecule has 2 aromatic rings. The van der Waals surface area contributed by atoms with Crippen molar-refractivity contribution in [2.75, 3.05) is 32.8 Å². The first-order valence-electron chi connectivity index (χ1n) is 8.84. The Morgan fingerprint density at radius 2 is 1.69 bits per heavy atom. The van der Waals surface area contributed by atoms with Gasteiger partial charge >= 0.3 is 0 Å². The number of rotatable bonds is 6. The number of piperazine rings is 1. The molecule has 10 heteroatoms. The summed E-state index contributed by atoms with van der Waals surface area (Å²) < 4.78 is 6.45. The lowest BCUT2D eigenvalue weighted by molar-refractivity contribution is -0.385. The molecule has 0 saturated carbocycles. The van der Waals surface area contributed by atoms with Gasteiger partial charge in [0.05, 0.1) is 13.9 Å². The van der Waals surface area contributed by atoms with Crippen LogP contribution < -0.4 is 4.74 Å². The zero-order valence-corrected chi connectivity index (χ0v) is 19.2. The molecule has 1 fully saturated rings. The normalized spacial score (nSPS) is 14.7. The lowest BCUT2D eigenvalue weighted by atomic mass is 10.2. The summed E-state index contributed by atoms with van der Waals surface area (Å²) in [6.45, 7) is 3.49. The summed E-state index contributed by atoms with van der Waals surface area (Å²) in [4.78, 5) is 27.0. The standard InChI is InChI=1S/C19H18Br2ClN3O4/c20-16-9-15(25(27)28)10-17(21)19(16)29-12-18(26)24-7-5-23(6-8-24)11-13-1-3-14(22)4-2-13/h1-4,9-10H,5-8,11-12H2. The lowest BCUT2D eigenvalue weighted by Gasteiger charge is -2.34. The number of nitro groups is 1. The first kappa shape index (κ1) is 22.0. The van der Waals surface area contributed by atoms with E-state index in [1.807, 2.05) is 24.3 Å². The monoisotopic (exact) mass is 545 g/mol. The van der Waals surface area contributed by atoms with Gasteiger partial charge in [-0.1, -0.05) is 23.7 Å². The molecular weight excluding hydrogens is 529 g/mol. The van der Waals surface area contributed by atoms with Gasteiger partial charge in [0, 0.05) is 49.9 Å². The molecule has 1 amide bonds. The van der Waals surface area contributed by atoms with Gasteiger partial charge in [-0.25, -0.2) is 0 Å². The summed E-state index contributed by atoms with van der Waals surface area (Å²) in [7, 11) is 0. The third kappa shape index (κ3) is 5.91. The summed E-state index contributed by atoms with van der Waals surface area (Å²) in [6.07, 6.45) is 0. The van der Waals surface area contributed by atoms with Crippen LogP contribution in [0, 0.1) is 10.1 Å². The maximum atomic E-state index is 12.5. The van der Waals surface area contributed by atoms with Gasteiger partial charge < -0.3 is 9.64 Å². The van der Waals surface area contributed by atoms with Crippen LogP contribution in [0.2, 0.25) is 5.02 Å². The predicted molar refractivity (Wildman–Crippen MR) is 117 cm³/mol. The number of halogens is 3. The Balaban J connectivity index is 1.50. The second-order valence-electron chi connectivity index (χ2n) is 6.57. The topological polar surface area (TPSA) is 75.9 Å². The minimum atomic E-state index is -0.492. The van der Waals surface area contributed by atoms with Gasteiger partial charge in [-0.15, -0.1) is 0 Å². The molecule has 1 saturated heterocycles. The maximum absolute atomic E-state index is 12.5. The number of carbonyl (C=O) groups excluding carboxylic acids is 1. The van der Waals surface area contributed by atoms with Gasteiger partial charge in [-0.05, 0) is 49.6 Å². The van der Waals surface area contributed by atoms with Crippen molar-refractivity contribution in [3.8, 4) is 5.75 Å². The Morgan fingerprint density at radius 3 is 2.24 bits per heavy atom. The first-order chi connectivity index (χ1) is 13.8. The second-order valence-corrected chi connectivity index (χ2v) is 8.71. The molecule has 1 aliphatic heterocycles. The fourth-order valence-electron chi connectivity index (χ4n) is 3.02. The minimum Gasteiger partial charge on any atom is -0.481 e. The fraction of sp³-hybridized carbons (Fsp3) is 0.316. The van der Waals surface area contributed by atoms with Crippen molar-refractivity contribution in [2.45, 2.75) is 6.54 Å². The number of ether oxygens (including phenoxy) is 1. The van der Waals surface area contributed by atoms with E-state index < -0.39 is 4.92 Å². The van der Waals surface area contributed by atoms with Crippen LogP contribution in [0.15, 0.2) is 45.3 Å². The smallest absolute Gasteiger partial charge is 0.271 e. The van der Waals surface area contributed by atoms with Gasteiger partial charge in [-0.3, -0.25) is 19.8 Å². The van der Waals surface area contributed by atoms with Gasteiger partial charge in [-0.2, -0.15) is 0 Å². The van der Waals surface area contributed by atoms with Gasteiger partial charge in [0.25, 0.3) is 11.6 Å². The minimum absolute atomic E-state index is 0.0702. The van der Waals surface area contributed by atoms with Crippen LogP contribution in [-0.4, -0.2) is 53.4 Å². The Kier molecular flexibility index (Phi) is 7.50. The molecule has 0 atom stereocenters. The molecule has 154 valence electrons. The van der Waals surface area contributed by atoms with Crippen molar-refractivity contribution in [3.63, 3.8) is 0 Å². The Hall–Kier alpha value is -1.68. The highest BCUT2D eigenvalue weighted by Gasteiger charge is 2.22. The molecule has 7 nitrogen and oxygen atoms in total. The SMILES string of the molecule is O=C(COc1c(Br)cc([N+](=O)[O-])cc1Br)N1CCN(Cc2ccc(Cl)cc2)CC1. The predicted octanol–water partition coefficient (Wildman–Crippen LogP) is 4.50. The first-order valence-corrected chi connectivity index (χ1v) is 10.8. The van der Waals surface area contributed by atoms with E-state index in [4.69, 9.17) is 16.3 Å². The van der Waals surface area contributed by atoms with Crippen LogP contribution >= 0.6 is 43.5 Å². The Morgan fingerprint density at radius 1 is 1.10 bits per heavy atom. The van der Waals surface area contributed by atoms with E-state index in [2.05, 4.69) is 36.8 Å². The number of nitrogens with zero attached hydrogens (tertiary/aromatic N) is 3. The Bertz CT molecular complexity index is 880. The van der Waals surface area contributed by atoms with Crippen LogP contribution in [-0.2, 0) is 11.3 Å². The number of carbonyl (C=O) groups is 1. The fourth-order valence-corrected chi connectivity index (χ4v) is 4.54. The van der Waals surface area contributed by atoms with Crippen molar-refractivity contribution in [2.24, 2.45) is 0 Å². The zero-order valence-electron chi connectivity index (χ0n) is 15.3. The molecule has 1 heterocycles. The Labute approximate surface area is 190 Å². The molecule has 0 bridgehead atoms. The van der Waals surface area contributed by atoms with E-state index in [0.29, 0.717) is 27.8 Å². The quantitative estimate of drug-likeness (QED) is 0.393. The van der Waals surface area contributed by atoms with E-state index in [-0.39, 0.29) is 18.2 Å². The molecule has 3 rings (SSSR count). The molecule has 0 N–H and O–H groups in total. The van der Waals surface area contributed by atoms with Crippen molar-refractivity contribution in [3.05, 3.63) is 66.0 Å². The highest BCUT2D eigenvalue weighted by atomic mass is 79.9. The van der Waals surface area contributed by atoms with E-state index in [1.165, 1.54) is 17.7 Å². The highest BCUT2D eigenvalue weighted by molar-refractivity contribution is 9.11. The summed E-state index contributed by atoms with van der Waals surface area (Å²) in [5.74, 6) is 0.249. The average molecular weight is 548 g/mol. The molecule has 0 aliphatic carbocycles. The van der Waals surface area contributed by atoms with Crippen LogP contribution in [0.5, 0.6) is 5.75 Å². The molecule has 0 unspecified atom stereocenters. The molecule has 1 aliphatic rings. The van der Waals surface area contributed by atoms with Crippen LogP contribution in [0.1, 0.15) is 5.56 Å². The lowest BCUT2D eigenvalue weighted by Crippen LogP contribution is -2.49. The van der Waals surface area contributed by atoms with E-state index in [9.17, 15) is 14.9 Å². The van der Waals surface area contributed by atoms with Crippen molar-refractivity contribution >= 4 is 55.1 Å². The summed E-state index contributed by atoms with van der Waals surface area (Å²) in [5.41, 5.74) is 1.12. The van der Waals surface area contributed by atoms with E-state index in [0.717, 1.165) is 24.7 Å². The van der Waals surface area contributed by atoms with Gasteiger partial charge in [0.15, 0.2) is 6.61 Å². The average Bonchev–Trinajstić information content (AvgIpc) is 2.69. The van der Waals surface area contributed by atoms with Crippen molar-refractivity contribution in [1.29, 1.82) is 0 Å². The molecule has 2 aromatic carbocycles. The largest absolute Gasteiger partial charge is 0.481 e.